The second kappa shape index (κ2) is 9.37. The number of alkyl carbamates (subject to hydrolysis) is 1. The molecule has 0 bridgehead atoms. The molecule has 0 saturated carbocycles. The first kappa shape index (κ1) is 27.2. The molecule has 1 aliphatic rings. The largest absolute Gasteiger partial charge is 0.457 e. The lowest BCUT2D eigenvalue weighted by Crippen LogP contribution is -2.55. The summed E-state index contributed by atoms with van der Waals surface area (Å²) >= 11 is 0. The smallest absolute Gasteiger partial charge is 0.452 e. The van der Waals surface area contributed by atoms with E-state index in [-0.39, 0.29) is 13.5 Å². The quantitative estimate of drug-likeness (QED) is 0.268. The van der Waals surface area contributed by atoms with Gasteiger partial charge in [-0.15, -0.1) is 0 Å². The summed E-state index contributed by atoms with van der Waals surface area (Å²) in [4.78, 5) is 28.7. The Morgan fingerprint density at radius 1 is 0.935 bits per heavy atom. The fraction of sp³-hybridized carbons (Fsp3) is 0.864. The van der Waals surface area contributed by atoms with Crippen LogP contribution in [0.4, 0.5) is 4.79 Å². The molecule has 1 saturated heterocycles. The minimum absolute atomic E-state index is 0.0875. The first-order chi connectivity index (χ1) is 13.8. The van der Waals surface area contributed by atoms with Gasteiger partial charge in [0.05, 0.1) is 17.6 Å². The zero-order valence-corrected chi connectivity index (χ0v) is 20.8. The van der Waals surface area contributed by atoms with E-state index in [1.54, 1.807) is 41.5 Å². The number of unbranched alkanes of at least 4 members (excludes halogenated alkanes) is 1. The summed E-state index contributed by atoms with van der Waals surface area (Å²) in [6, 6.07) is 0. The third kappa shape index (κ3) is 8.01. The Labute approximate surface area is 187 Å². The first-order valence-corrected chi connectivity index (χ1v) is 10.8. The molecule has 1 amide bonds. The molecule has 1 atom stereocenters. The summed E-state index contributed by atoms with van der Waals surface area (Å²) in [5.41, 5.74) is -4.24. The number of esters is 1. The topological polar surface area (TPSA) is 87.5 Å². The van der Waals surface area contributed by atoms with Gasteiger partial charge >= 0.3 is 24.8 Å². The Morgan fingerprint density at radius 3 is 1.84 bits per heavy atom. The Kier molecular flexibility index (Phi) is 8.24. The van der Waals surface area contributed by atoms with Crippen LogP contribution in [-0.2, 0) is 23.6 Å². The van der Waals surface area contributed by atoms with Crippen LogP contribution in [0.25, 0.3) is 4.85 Å². The van der Waals surface area contributed by atoms with Crippen LogP contribution < -0.4 is 5.32 Å². The number of amides is 1. The van der Waals surface area contributed by atoms with Gasteiger partial charge in [0.1, 0.15) is 11.2 Å². The zero-order chi connectivity index (χ0) is 24.3. The highest BCUT2D eigenvalue weighted by atomic mass is 16.7. The Balaban J connectivity index is 2.83. The first-order valence-electron chi connectivity index (χ1n) is 10.8. The van der Waals surface area contributed by atoms with Crippen LogP contribution in [0.5, 0.6) is 0 Å². The maximum atomic E-state index is 12.9. The van der Waals surface area contributed by atoms with Gasteiger partial charge in [-0.05, 0) is 82.0 Å². The van der Waals surface area contributed by atoms with Crippen molar-refractivity contribution in [2.24, 2.45) is 0 Å². The number of ether oxygens (including phenoxy) is 2. The second-order valence-corrected chi connectivity index (χ2v) is 11.0. The van der Waals surface area contributed by atoms with Gasteiger partial charge in [-0.25, -0.2) is 21.5 Å². The third-order valence-electron chi connectivity index (χ3n) is 5.17. The molecule has 176 valence electrons. The summed E-state index contributed by atoms with van der Waals surface area (Å²) in [6.45, 7) is 25.9. The van der Waals surface area contributed by atoms with Crippen LogP contribution >= 0.6 is 0 Å². The van der Waals surface area contributed by atoms with E-state index in [2.05, 4.69) is 10.2 Å². The summed E-state index contributed by atoms with van der Waals surface area (Å²) < 4.78 is 22.7. The molecule has 1 heterocycles. The van der Waals surface area contributed by atoms with Crippen molar-refractivity contribution in [2.75, 3.05) is 0 Å². The summed E-state index contributed by atoms with van der Waals surface area (Å²) in [5, 5.41) is 2.46. The average Bonchev–Trinajstić information content (AvgIpc) is 2.74. The molecule has 1 unspecified atom stereocenters. The predicted octanol–water partition coefficient (Wildman–Crippen LogP) is 4.73. The molecule has 0 spiro atoms. The molecule has 1 rings (SSSR count). The number of carbonyl (C=O) groups is 2. The SMILES string of the molecule is [C-]#[N+]C(CCCCB1OC(C)(C)C(C)(C)O1)(NC(=O)OC(C)(C)C)C(=O)OC(C)(C)C. The number of nitrogens with zero attached hydrogens (tertiary/aromatic N) is 1. The van der Waals surface area contributed by atoms with Gasteiger partial charge in [0, 0.05) is 0 Å². The van der Waals surface area contributed by atoms with Crippen LogP contribution in [-0.4, -0.2) is 47.2 Å². The number of rotatable bonds is 7. The monoisotopic (exact) mass is 438 g/mol. The molecule has 0 aliphatic carbocycles. The van der Waals surface area contributed by atoms with Gasteiger partial charge in [0.2, 0.25) is 0 Å². The van der Waals surface area contributed by atoms with Gasteiger partial charge in [-0.2, -0.15) is 0 Å². The molecule has 0 aromatic rings. The standard InChI is InChI=1S/C22H39BN2O6/c1-18(2,3)28-16(26)22(24-11,25-17(27)29-19(4,5)6)14-12-13-15-23-30-20(7,8)21(9,10)31-23/h12-15H2,1-10H3,(H,25,27). The van der Waals surface area contributed by atoms with Crippen molar-refractivity contribution in [3.63, 3.8) is 0 Å². The molecule has 31 heavy (non-hydrogen) atoms. The fourth-order valence-corrected chi connectivity index (χ4v) is 2.95. The molecule has 8 nitrogen and oxygen atoms in total. The number of hydrogen-bond donors (Lipinski definition) is 1. The Bertz CT molecular complexity index is 686. The van der Waals surface area contributed by atoms with Crippen LogP contribution in [0, 0.1) is 6.57 Å². The van der Waals surface area contributed by atoms with Crippen molar-refractivity contribution in [2.45, 2.75) is 123 Å². The zero-order valence-electron chi connectivity index (χ0n) is 20.8. The molecule has 1 fully saturated rings. The maximum Gasteiger partial charge on any atom is 0.457 e. The normalized spacial score (nSPS) is 19.8. The van der Waals surface area contributed by atoms with E-state index in [1.165, 1.54) is 0 Å². The Morgan fingerprint density at radius 2 is 1.42 bits per heavy atom. The predicted molar refractivity (Wildman–Crippen MR) is 119 cm³/mol. The minimum atomic E-state index is -1.86. The molecular formula is C22H39BN2O6. The van der Waals surface area contributed by atoms with E-state index in [9.17, 15) is 9.59 Å². The van der Waals surface area contributed by atoms with Crippen molar-refractivity contribution in [1.82, 2.24) is 5.32 Å². The van der Waals surface area contributed by atoms with Crippen molar-refractivity contribution < 1.29 is 28.4 Å². The third-order valence-corrected chi connectivity index (χ3v) is 5.17. The highest BCUT2D eigenvalue weighted by molar-refractivity contribution is 6.45. The lowest BCUT2D eigenvalue weighted by Gasteiger charge is -2.32. The number of carbonyl (C=O) groups excluding carboxylic acids is 2. The van der Waals surface area contributed by atoms with Gasteiger partial charge < -0.3 is 18.8 Å². The molecule has 1 aliphatic heterocycles. The lowest BCUT2D eigenvalue weighted by molar-refractivity contribution is -0.161. The highest BCUT2D eigenvalue weighted by Crippen LogP contribution is 2.38. The summed E-state index contributed by atoms with van der Waals surface area (Å²) in [6.07, 6.45) is 1.00. The lowest BCUT2D eigenvalue weighted by atomic mass is 9.81. The molecule has 0 aromatic heterocycles. The molecule has 0 aromatic carbocycles. The van der Waals surface area contributed by atoms with Crippen molar-refractivity contribution in [1.29, 1.82) is 0 Å². The van der Waals surface area contributed by atoms with Gasteiger partial charge in [-0.1, -0.05) is 6.42 Å². The van der Waals surface area contributed by atoms with Crippen LogP contribution in [0.3, 0.4) is 0 Å². The van der Waals surface area contributed by atoms with E-state index in [0.29, 0.717) is 19.2 Å². The van der Waals surface area contributed by atoms with Crippen LogP contribution in [0.2, 0.25) is 6.32 Å². The van der Waals surface area contributed by atoms with E-state index in [4.69, 9.17) is 25.4 Å². The molecule has 0 radical (unpaired) electrons. The van der Waals surface area contributed by atoms with E-state index in [1.807, 2.05) is 27.7 Å². The van der Waals surface area contributed by atoms with Crippen LogP contribution in [0.15, 0.2) is 0 Å². The summed E-state index contributed by atoms with van der Waals surface area (Å²) in [5.74, 6) is -0.795. The van der Waals surface area contributed by atoms with E-state index in [0.717, 1.165) is 0 Å². The van der Waals surface area contributed by atoms with Gasteiger partial charge in [-0.3, -0.25) is 4.85 Å². The van der Waals surface area contributed by atoms with Crippen molar-refractivity contribution >= 4 is 19.2 Å². The number of nitrogens with one attached hydrogen (secondary N) is 1. The maximum absolute atomic E-state index is 12.9. The minimum Gasteiger partial charge on any atom is -0.452 e. The molecular weight excluding hydrogens is 399 g/mol. The molecule has 9 heteroatoms. The molecule has 1 N–H and O–H groups in total. The van der Waals surface area contributed by atoms with Crippen LogP contribution in [0.1, 0.15) is 88.5 Å². The average molecular weight is 438 g/mol. The second-order valence-electron chi connectivity index (χ2n) is 11.0. The van der Waals surface area contributed by atoms with E-state index >= 15 is 0 Å². The van der Waals surface area contributed by atoms with Gasteiger partial charge in [0.15, 0.2) is 0 Å². The Hall–Kier alpha value is -1.79. The van der Waals surface area contributed by atoms with Gasteiger partial charge in [0.25, 0.3) is 0 Å². The van der Waals surface area contributed by atoms with E-state index < -0.39 is 40.1 Å². The van der Waals surface area contributed by atoms with Crippen molar-refractivity contribution in [3.8, 4) is 0 Å². The number of hydrogen-bond acceptors (Lipinski definition) is 6. The summed E-state index contributed by atoms with van der Waals surface area (Å²) in [7, 11) is -0.354. The fourth-order valence-electron chi connectivity index (χ4n) is 2.95. The highest BCUT2D eigenvalue weighted by Gasteiger charge is 2.52. The van der Waals surface area contributed by atoms with Crippen molar-refractivity contribution in [3.05, 3.63) is 11.4 Å².